The molecule has 27 heavy (non-hydrogen) atoms. The van der Waals surface area contributed by atoms with E-state index in [4.69, 9.17) is 4.98 Å². The van der Waals surface area contributed by atoms with Gasteiger partial charge >= 0.3 is 5.97 Å². The monoisotopic (exact) mass is 424 g/mol. The quantitative estimate of drug-likeness (QED) is 0.647. The normalized spacial score (nSPS) is 17.1. The second-order valence-corrected chi connectivity index (χ2v) is 7.86. The lowest BCUT2D eigenvalue weighted by atomic mass is 9.93. The van der Waals surface area contributed by atoms with Gasteiger partial charge in [0.15, 0.2) is 0 Å². The molecule has 138 valence electrons. The van der Waals surface area contributed by atoms with Crippen LogP contribution in [0.15, 0.2) is 65.1 Å². The van der Waals surface area contributed by atoms with Gasteiger partial charge in [0, 0.05) is 9.86 Å². The summed E-state index contributed by atoms with van der Waals surface area (Å²) in [7, 11) is 0. The zero-order valence-electron chi connectivity index (χ0n) is 14.9. The molecule has 5 heteroatoms. The Morgan fingerprint density at radius 2 is 1.74 bits per heavy atom. The van der Waals surface area contributed by atoms with Gasteiger partial charge in [0.2, 0.25) is 0 Å². The van der Waals surface area contributed by atoms with Crippen molar-refractivity contribution in [2.24, 2.45) is 5.92 Å². The first-order chi connectivity index (χ1) is 13.1. The van der Waals surface area contributed by atoms with Gasteiger partial charge in [-0.3, -0.25) is 14.7 Å². The Kier molecular flexibility index (Phi) is 5.23. The number of fused-ring (bicyclic) bond motifs is 1. The van der Waals surface area contributed by atoms with Crippen molar-refractivity contribution in [2.45, 2.75) is 18.9 Å². The molecule has 2 heterocycles. The molecule has 1 atom stereocenters. The fraction of sp³-hybridized carbons (Fsp3) is 0.273. The van der Waals surface area contributed by atoms with Crippen molar-refractivity contribution in [1.29, 1.82) is 0 Å². The van der Waals surface area contributed by atoms with Crippen molar-refractivity contribution < 1.29 is 9.90 Å². The molecule has 0 amide bonds. The number of rotatable bonds is 4. The maximum absolute atomic E-state index is 11.3. The van der Waals surface area contributed by atoms with E-state index in [0.717, 1.165) is 39.7 Å². The molecular formula is C22H21BrN2O2. The van der Waals surface area contributed by atoms with E-state index in [2.05, 4.69) is 45.1 Å². The van der Waals surface area contributed by atoms with Crippen LogP contribution in [-0.2, 0) is 4.79 Å². The Labute approximate surface area is 167 Å². The van der Waals surface area contributed by atoms with Crippen LogP contribution in [0.3, 0.4) is 0 Å². The van der Waals surface area contributed by atoms with Gasteiger partial charge in [-0.05, 0) is 49.7 Å². The molecule has 1 saturated heterocycles. The highest BCUT2D eigenvalue weighted by Gasteiger charge is 2.31. The number of para-hydroxylation sites is 1. The summed E-state index contributed by atoms with van der Waals surface area (Å²) in [5.41, 5.74) is 3.14. The van der Waals surface area contributed by atoms with Gasteiger partial charge in [0.05, 0.1) is 23.2 Å². The van der Waals surface area contributed by atoms with Crippen molar-refractivity contribution in [3.05, 3.63) is 76.4 Å². The van der Waals surface area contributed by atoms with Crippen LogP contribution >= 0.6 is 15.9 Å². The number of benzene rings is 2. The van der Waals surface area contributed by atoms with Crippen LogP contribution in [0.25, 0.3) is 10.9 Å². The summed E-state index contributed by atoms with van der Waals surface area (Å²) >= 11 is 3.70. The van der Waals surface area contributed by atoms with E-state index in [1.54, 1.807) is 0 Å². The number of likely N-dealkylation sites (tertiary alicyclic amines) is 1. The van der Waals surface area contributed by atoms with Crippen molar-refractivity contribution in [3.8, 4) is 0 Å². The van der Waals surface area contributed by atoms with Gasteiger partial charge in [0.1, 0.15) is 0 Å². The lowest BCUT2D eigenvalue weighted by Crippen LogP contribution is -2.39. The molecule has 3 aromatic rings. The topological polar surface area (TPSA) is 53.4 Å². The second-order valence-electron chi connectivity index (χ2n) is 7.00. The minimum absolute atomic E-state index is 0.0000685. The lowest BCUT2D eigenvalue weighted by molar-refractivity contribution is -0.143. The first-order valence-corrected chi connectivity index (χ1v) is 10.00. The maximum Gasteiger partial charge on any atom is 0.306 e. The predicted molar refractivity (Wildman–Crippen MR) is 110 cm³/mol. The molecule has 4 nitrogen and oxygen atoms in total. The van der Waals surface area contributed by atoms with E-state index in [-0.39, 0.29) is 12.0 Å². The summed E-state index contributed by atoms with van der Waals surface area (Å²) in [6, 6.07) is 20.6. The van der Waals surface area contributed by atoms with E-state index in [1.165, 1.54) is 0 Å². The SMILES string of the molecule is O=C(O)C1CCN(C(c2ccc3ccccc3n2)c2ccccc2Br)CC1. The number of carbonyl (C=O) groups is 1. The average molecular weight is 425 g/mol. The van der Waals surface area contributed by atoms with Crippen LogP contribution < -0.4 is 0 Å². The highest BCUT2D eigenvalue weighted by atomic mass is 79.9. The minimum atomic E-state index is -0.684. The van der Waals surface area contributed by atoms with Crippen molar-refractivity contribution in [1.82, 2.24) is 9.88 Å². The van der Waals surface area contributed by atoms with Crippen LogP contribution in [0.4, 0.5) is 0 Å². The Morgan fingerprint density at radius 3 is 2.48 bits per heavy atom. The number of hydrogen-bond acceptors (Lipinski definition) is 3. The van der Waals surface area contributed by atoms with Gasteiger partial charge in [0.25, 0.3) is 0 Å². The zero-order chi connectivity index (χ0) is 18.8. The number of nitrogens with zero attached hydrogens (tertiary/aromatic N) is 2. The number of piperidine rings is 1. The molecule has 1 aliphatic rings. The van der Waals surface area contributed by atoms with Gasteiger partial charge in [-0.1, -0.05) is 58.4 Å². The van der Waals surface area contributed by atoms with Crippen molar-refractivity contribution in [3.63, 3.8) is 0 Å². The number of aliphatic carboxylic acids is 1. The van der Waals surface area contributed by atoms with E-state index in [9.17, 15) is 9.90 Å². The smallest absolute Gasteiger partial charge is 0.306 e. The average Bonchev–Trinajstić information content (AvgIpc) is 2.70. The van der Waals surface area contributed by atoms with Crippen molar-refractivity contribution >= 4 is 32.8 Å². The molecule has 1 unspecified atom stereocenters. The highest BCUT2D eigenvalue weighted by molar-refractivity contribution is 9.10. The predicted octanol–water partition coefficient (Wildman–Crippen LogP) is 4.88. The van der Waals surface area contributed by atoms with Gasteiger partial charge < -0.3 is 5.11 Å². The number of halogens is 1. The molecule has 0 saturated carbocycles. The van der Waals surface area contributed by atoms with Crippen LogP contribution in [0.1, 0.15) is 30.1 Å². The summed E-state index contributed by atoms with van der Waals surface area (Å²) in [6.07, 6.45) is 1.34. The van der Waals surface area contributed by atoms with E-state index >= 15 is 0 Å². The van der Waals surface area contributed by atoms with Crippen LogP contribution in [0.5, 0.6) is 0 Å². The summed E-state index contributed by atoms with van der Waals surface area (Å²) in [6.45, 7) is 1.49. The van der Waals surface area contributed by atoms with Crippen LogP contribution in [-0.4, -0.2) is 34.0 Å². The fourth-order valence-corrected chi connectivity index (χ4v) is 4.38. The molecule has 4 rings (SSSR count). The summed E-state index contributed by atoms with van der Waals surface area (Å²) < 4.78 is 1.05. The number of pyridine rings is 1. The van der Waals surface area contributed by atoms with Crippen LogP contribution in [0.2, 0.25) is 0 Å². The molecule has 1 fully saturated rings. The fourth-order valence-electron chi connectivity index (χ4n) is 3.88. The first kappa shape index (κ1) is 18.1. The summed E-state index contributed by atoms with van der Waals surface area (Å²) in [5, 5.41) is 10.4. The van der Waals surface area contributed by atoms with E-state index in [0.29, 0.717) is 12.8 Å². The van der Waals surface area contributed by atoms with Gasteiger partial charge in [-0.2, -0.15) is 0 Å². The third-order valence-corrected chi connectivity index (χ3v) is 6.07. The minimum Gasteiger partial charge on any atom is -0.481 e. The Bertz CT molecular complexity index is 967. The number of hydrogen-bond donors (Lipinski definition) is 1. The standard InChI is InChI=1S/C22H21BrN2O2/c23-18-7-3-2-6-17(18)21(25-13-11-16(12-14-25)22(26)27)20-10-9-15-5-1-4-8-19(15)24-20/h1-10,16,21H,11-14H2,(H,26,27). The Morgan fingerprint density at radius 1 is 1.04 bits per heavy atom. The highest BCUT2D eigenvalue weighted by Crippen LogP contribution is 2.35. The molecule has 0 radical (unpaired) electrons. The van der Waals surface area contributed by atoms with Crippen molar-refractivity contribution in [2.75, 3.05) is 13.1 Å². The maximum atomic E-state index is 11.3. The summed E-state index contributed by atoms with van der Waals surface area (Å²) in [4.78, 5) is 18.6. The summed E-state index contributed by atoms with van der Waals surface area (Å²) in [5.74, 6) is -0.929. The molecule has 1 aliphatic heterocycles. The van der Waals surface area contributed by atoms with E-state index in [1.807, 2.05) is 36.4 Å². The number of aromatic nitrogens is 1. The van der Waals surface area contributed by atoms with Gasteiger partial charge in [-0.15, -0.1) is 0 Å². The first-order valence-electron chi connectivity index (χ1n) is 9.20. The number of carboxylic acids is 1. The van der Waals surface area contributed by atoms with E-state index < -0.39 is 5.97 Å². The molecule has 0 spiro atoms. The third-order valence-electron chi connectivity index (χ3n) is 5.34. The number of carboxylic acid groups (broad SMARTS) is 1. The third kappa shape index (κ3) is 3.75. The van der Waals surface area contributed by atoms with Crippen LogP contribution in [0, 0.1) is 5.92 Å². The molecular weight excluding hydrogens is 404 g/mol. The Balaban J connectivity index is 1.74. The molecule has 0 aliphatic carbocycles. The zero-order valence-corrected chi connectivity index (χ0v) is 16.5. The Hall–Kier alpha value is -2.24. The largest absolute Gasteiger partial charge is 0.481 e. The molecule has 0 bridgehead atoms. The molecule has 1 aromatic heterocycles. The van der Waals surface area contributed by atoms with Gasteiger partial charge in [-0.25, -0.2) is 0 Å². The molecule has 2 aromatic carbocycles. The lowest BCUT2D eigenvalue weighted by Gasteiger charge is -2.37. The second kappa shape index (κ2) is 7.79. The molecule has 1 N–H and O–H groups in total.